The largest absolute Gasteiger partial charge is 0.384 e. The molecular weight excluding hydrogens is 176 g/mol. The molecular formula is C10H12N4. The molecule has 72 valence electrons. The predicted octanol–water partition coefficient (Wildman–Crippen LogP) is 1.18. The third-order valence-electron chi connectivity index (χ3n) is 2.23. The lowest BCUT2D eigenvalue weighted by Gasteiger charge is -2.01. The highest BCUT2D eigenvalue weighted by atomic mass is 15.0. The summed E-state index contributed by atoms with van der Waals surface area (Å²) in [6.07, 6.45) is 4.54. The van der Waals surface area contributed by atoms with Gasteiger partial charge in [-0.15, -0.1) is 0 Å². The maximum atomic E-state index is 7.34. The molecule has 0 spiro atoms. The van der Waals surface area contributed by atoms with Gasteiger partial charge in [0, 0.05) is 18.2 Å². The van der Waals surface area contributed by atoms with Crippen LogP contribution >= 0.6 is 0 Å². The van der Waals surface area contributed by atoms with Crippen LogP contribution in [0.3, 0.4) is 0 Å². The molecule has 14 heavy (non-hydrogen) atoms. The van der Waals surface area contributed by atoms with Gasteiger partial charge < -0.3 is 10.1 Å². The summed E-state index contributed by atoms with van der Waals surface area (Å²) in [7, 11) is 0. The quantitative estimate of drug-likeness (QED) is 0.549. The van der Waals surface area contributed by atoms with Gasteiger partial charge in [0.1, 0.15) is 11.7 Å². The molecule has 3 N–H and O–H groups in total. The molecule has 2 aromatic heterocycles. The van der Waals surface area contributed by atoms with Crippen LogP contribution in [-0.2, 0) is 6.42 Å². The highest BCUT2D eigenvalue weighted by molar-refractivity contribution is 5.94. The standard InChI is InChI=1S/C10H12N4/c1-2-9-13-5-8-4-3-7(10(11)12)6-14(8)9/h3-6H,2H2,1H3,(H3,11,12). The van der Waals surface area contributed by atoms with Crippen LogP contribution < -0.4 is 5.73 Å². The Morgan fingerprint density at radius 3 is 3.00 bits per heavy atom. The summed E-state index contributed by atoms with van der Waals surface area (Å²) in [4.78, 5) is 4.27. The third-order valence-corrected chi connectivity index (χ3v) is 2.23. The molecule has 0 atom stereocenters. The average Bonchev–Trinajstić information content (AvgIpc) is 2.59. The molecule has 4 heteroatoms. The number of rotatable bonds is 2. The molecule has 2 aromatic rings. The van der Waals surface area contributed by atoms with Gasteiger partial charge >= 0.3 is 0 Å². The van der Waals surface area contributed by atoms with Crippen LogP contribution in [0.1, 0.15) is 18.3 Å². The number of amidine groups is 1. The van der Waals surface area contributed by atoms with E-state index in [1.165, 1.54) is 0 Å². The summed E-state index contributed by atoms with van der Waals surface area (Å²) in [6, 6.07) is 3.75. The minimum Gasteiger partial charge on any atom is -0.384 e. The first-order chi connectivity index (χ1) is 6.72. The lowest BCUT2D eigenvalue weighted by molar-refractivity contribution is 0.932. The predicted molar refractivity (Wildman–Crippen MR) is 55.6 cm³/mol. The lowest BCUT2D eigenvalue weighted by Crippen LogP contribution is -2.11. The van der Waals surface area contributed by atoms with Crippen molar-refractivity contribution in [1.82, 2.24) is 9.38 Å². The van der Waals surface area contributed by atoms with Crippen LogP contribution in [0.4, 0.5) is 0 Å². The van der Waals surface area contributed by atoms with E-state index >= 15 is 0 Å². The van der Waals surface area contributed by atoms with Crippen molar-refractivity contribution in [2.24, 2.45) is 5.73 Å². The van der Waals surface area contributed by atoms with E-state index in [1.807, 2.05) is 28.9 Å². The molecule has 0 aliphatic carbocycles. The maximum Gasteiger partial charge on any atom is 0.124 e. The number of imidazole rings is 1. The first-order valence-electron chi connectivity index (χ1n) is 4.52. The molecule has 0 aromatic carbocycles. The number of hydrogen-bond donors (Lipinski definition) is 2. The van der Waals surface area contributed by atoms with Crippen LogP contribution in [0, 0.1) is 5.41 Å². The fourth-order valence-corrected chi connectivity index (χ4v) is 1.46. The van der Waals surface area contributed by atoms with Gasteiger partial charge in [0.2, 0.25) is 0 Å². The first-order valence-corrected chi connectivity index (χ1v) is 4.52. The molecule has 2 heterocycles. The van der Waals surface area contributed by atoms with E-state index in [1.54, 1.807) is 0 Å². The van der Waals surface area contributed by atoms with E-state index in [-0.39, 0.29) is 5.84 Å². The molecule has 0 bridgehead atoms. The lowest BCUT2D eigenvalue weighted by atomic mass is 10.2. The van der Waals surface area contributed by atoms with Crippen molar-refractivity contribution in [3.05, 3.63) is 35.9 Å². The third kappa shape index (κ3) is 1.25. The van der Waals surface area contributed by atoms with Crippen molar-refractivity contribution in [2.75, 3.05) is 0 Å². The minimum atomic E-state index is 0.0858. The van der Waals surface area contributed by atoms with Gasteiger partial charge in [-0.25, -0.2) is 4.98 Å². The SMILES string of the molecule is CCc1ncc2ccc(C(=N)N)cn12. The maximum absolute atomic E-state index is 7.34. The molecule has 0 saturated heterocycles. The number of nitrogens with one attached hydrogen (secondary N) is 1. The van der Waals surface area contributed by atoms with Gasteiger partial charge in [-0.2, -0.15) is 0 Å². The van der Waals surface area contributed by atoms with Gasteiger partial charge in [0.05, 0.1) is 11.7 Å². The topological polar surface area (TPSA) is 67.2 Å². The van der Waals surface area contributed by atoms with Gasteiger partial charge in [-0.3, -0.25) is 5.41 Å². The van der Waals surface area contributed by atoms with Gasteiger partial charge in [-0.05, 0) is 12.1 Å². The van der Waals surface area contributed by atoms with Crippen LogP contribution in [0.15, 0.2) is 24.5 Å². The van der Waals surface area contributed by atoms with Crippen LogP contribution in [0.5, 0.6) is 0 Å². The van der Waals surface area contributed by atoms with Crippen molar-refractivity contribution < 1.29 is 0 Å². The number of nitrogen functional groups attached to an aromatic ring is 1. The number of nitrogens with zero attached hydrogens (tertiary/aromatic N) is 2. The van der Waals surface area contributed by atoms with E-state index < -0.39 is 0 Å². The smallest absolute Gasteiger partial charge is 0.124 e. The molecule has 4 nitrogen and oxygen atoms in total. The summed E-state index contributed by atoms with van der Waals surface area (Å²) < 4.78 is 1.97. The van der Waals surface area contributed by atoms with Crippen molar-refractivity contribution >= 4 is 11.4 Å². The zero-order valence-electron chi connectivity index (χ0n) is 7.99. The number of nitrogens with two attached hydrogens (primary N) is 1. The number of pyridine rings is 1. The van der Waals surface area contributed by atoms with E-state index in [4.69, 9.17) is 11.1 Å². The summed E-state index contributed by atoms with van der Waals surface area (Å²) in [5, 5.41) is 7.34. The van der Waals surface area contributed by atoms with Crippen molar-refractivity contribution in [3.8, 4) is 0 Å². The van der Waals surface area contributed by atoms with Crippen molar-refractivity contribution in [2.45, 2.75) is 13.3 Å². The fraction of sp³-hybridized carbons (Fsp3) is 0.200. The second-order valence-corrected chi connectivity index (χ2v) is 3.15. The zero-order chi connectivity index (χ0) is 10.1. The second kappa shape index (κ2) is 3.14. The van der Waals surface area contributed by atoms with Crippen LogP contribution in [0.2, 0.25) is 0 Å². The van der Waals surface area contributed by atoms with E-state index in [0.29, 0.717) is 0 Å². The van der Waals surface area contributed by atoms with Gasteiger partial charge in [0.25, 0.3) is 0 Å². The molecule has 0 amide bonds. The summed E-state index contributed by atoms with van der Waals surface area (Å²) in [5.74, 6) is 1.07. The Morgan fingerprint density at radius 1 is 1.57 bits per heavy atom. The van der Waals surface area contributed by atoms with E-state index in [2.05, 4.69) is 11.9 Å². The van der Waals surface area contributed by atoms with Crippen molar-refractivity contribution in [1.29, 1.82) is 5.41 Å². The number of hydrogen-bond acceptors (Lipinski definition) is 2. The van der Waals surface area contributed by atoms with E-state index in [9.17, 15) is 0 Å². The zero-order valence-corrected chi connectivity index (χ0v) is 7.99. The number of fused-ring (bicyclic) bond motifs is 1. The Kier molecular flexibility index (Phi) is 1.96. The number of aromatic nitrogens is 2. The second-order valence-electron chi connectivity index (χ2n) is 3.15. The molecule has 0 aliphatic heterocycles. The molecule has 2 rings (SSSR count). The van der Waals surface area contributed by atoms with Crippen LogP contribution in [-0.4, -0.2) is 15.2 Å². The van der Waals surface area contributed by atoms with Crippen LogP contribution in [0.25, 0.3) is 5.52 Å². The number of aryl methyl sites for hydroxylation is 1. The summed E-state index contributed by atoms with van der Waals surface area (Å²) in [6.45, 7) is 2.05. The van der Waals surface area contributed by atoms with Crippen molar-refractivity contribution in [3.63, 3.8) is 0 Å². The Morgan fingerprint density at radius 2 is 2.36 bits per heavy atom. The van der Waals surface area contributed by atoms with Gasteiger partial charge in [-0.1, -0.05) is 6.92 Å². The molecule has 0 aliphatic rings. The molecule has 0 saturated carbocycles. The molecule has 0 fully saturated rings. The Labute approximate surface area is 81.9 Å². The Bertz CT molecular complexity index is 484. The fourth-order valence-electron chi connectivity index (χ4n) is 1.46. The first kappa shape index (κ1) is 8.74. The summed E-state index contributed by atoms with van der Waals surface area (Å²) >= 11 is 0. The van der Waals surface area contributed by atoms with Gasteiger partial charge in [0.15, 0.2) is 0 Å². The Hall–Kier alpha value is -1.84. The highest BCUT2D eigenvalue weighted by Gasteiger charge is 2.03. The molecule has 0 radical (unpaired) electrons. The average molecular weight is 188 g/mol. The monoisotopic (exact) mass is 188 g/mol. The normalized spacial score (nSPS) is 10.6. The summed E-state index contributed by atoms with van der Waals surface area (Å²) in [5.41, 5.74) is 7.18. The Balaban J connectivity index is 2.67. The highest BCUT2D eigenvalue weighted by Crippen LogP contribution is 2.09. The minimum absolute atomic E-state index is 0.0858. The molecule has 0 unspecified atom stereocenters. The van der Waals surface area contributed by atoms with E-state index in [0.717, 1.165) is 23.3 Å².